The molecule has 0 bridgehead atoms. The van der Waals surface area contributed by atoms with E-state index in [9.17, 15) is 5.26 Å². The summed E-state index contributed by atoms with van der Waals surface area (Å²) in [5, 5.41) is 15.9. The second-order valence-electron chi connectivity index (χ2n) is 7.26. The van der Waals surface area contributed by atoms with Gasteiger partial charge in [-0.2, -0.15) is 5.26 Å². The number of nitrogens with zero attached hydrogens (tertiary/aromatic N) is 4. The minimum Gasteiger partial charge on any atom is -0.489 e. The molecule has 3 heterocycles. The third-order valence-corrected chi connectivity index (χ3v) is 4.95. The summed E-state index contributed by atoms with van der Waals surface area (Å²) in [4.78, 5) is 13.2. The number of aromatic nitrogens is 3. The highest BCUT2D eigenvalue weighted by molar-refractivity contribution is 5.65. The van der Waals surface area contributed by atoms with Crippen molar-refractivity contribution in [2.75, 3.05) is 25.6 Å². The van der Waals surface area contributed by atoms with Crippen LogP contribution in [0.1, 0.15) is 24.0 Å². The van der Waals surface area contributed by atoms with E-state index in [4.69, 9.17) is 9.47 Å². The van der Waals surface area contributed by atoms with Gasteiger partial charge in [0.25, 0.3) is 0 Å². The predicted molar refractivity (Wildman–Crippen MR) is 117 cm³/mol. The van der Waals surface area contributed by atoms with Crippen molar-refractivity contribution in [2.45, 2.75) is 25.5 Å². The number of benzene rings is 1. The monoisotopic (exact) mass is 416 g/mol. The van der Waals surface area contributed by atoms with Crippen LogP contribution in [0.5, 0.6) is 5.75 Å². The van der Waals surface area contributed by atoms with E-state index >= 15 is 0 Å². The molecule has 0 amide bonds. The van der Waals surface area contributed by atoms with Crippen molar-refractivity contribution in [3.63, 3.8) is 0 Å². The summed E-state index contributed by atoms with van der Waals surface area (Å²) in [7, 11) is 1.89. The molecule has 3 aromatic rings. The minimum atomic E-state index is 0.0776. The molecule has 0 atom stereocenters. The molecule has 2 aromatic heterocycles. The highest BCUT2D eigenvalue weighted by Crippen LogP contribution is 2.28. The van der Waals surface area contributed by atoms with Gasteiger partial charge in [0.15, 0.2) is 0 Å². The highest BCUT2D eigenvalue weighted by atomic mass is 16.5. The lowest BCUT2D eigenvalue weighted by Gasteiger charge is -2.23. The molecule has 1 saturated heterocycles. The smallest absolute Gasteiger partial charge is 0.227 e. The van der Waals surface area contributed by atoms with Crippen LogP contribution in [0, 0.1) is 11.3 Å². The number of ether oxygens (including phenoxy) is 2. The Labute approximate surface area is 181 Å². The van der Waals surface area contributed by atoms with E-state index in [1.54, 1.807) is 18.5 Å². The fraction of sp³-hybridized carbons (Fsp3) is 0.304. The molecule has 1 aliphatic rings. The standard InChI is InChI=1S/C23H24N6O2/c1-25-13-16-10-19(15-26-14-16)28-23-27-7-4-21(29-23)17-2-3-22(18(11-17)12-24)31-20-5-8-30-9-6-20/h2-4,7,10-11,14-15,20,25H,5-6,8-9,13H2,1H3,(H,27,28,29). The van der Waals surface area contributed by atoms with Gasteiger partial charge in [0.05, 0.1) is 36.4 Å². The van der Waals surface area contributed by atoms with Gasteiger partial charge >= 0.3 is 0 Å². The Bertz CT molecular complexity index is 1080. The lowest BCUT2D eigenvalue weighted by Crippen LogP contribution is -2.26. The summed E-state index contributed by atoms with van der Waals surface area (Å²) < 4.78 is 11.4. The van der Waals surface area contributed by atoms with Crippen LogP contribution in [0.15, 0.2) is 48.9 Å². The lowest BCUT2D eigenvalue weighted by molar-refractivity contribution is 0.0254. The molecular weight excluding hydrogens is 392 g/mol. The van der Waals surface area contributed by atoms with Crippen molar-refractivity contribution < 1.29 is 9.47 Å². The Hall–Kier alpha value is -3.54. The maximum Gasteiger partial charge on any atom is 0.227 e. The molecule has 1 aromatic carbocycles. The molecular formula is C23H24N6O2. The maximum atomic E-state index is 9.63. The Kier molecular flexibility index (Phi) is 6.67. The van der Waals surface area contributed by atoms with Crippen molar-refractivity contribution in [3.8, 4) is 23.1 Å². The Morgan fingerprint density at radius 1 is 1.19 bits per heavy atom. The molecule has 4 rings (SSSR count). The van der Waals surface area contributed by atoms with Gasteiger partial charge in [0.1, 0.15) is 17.9 Å². The number of pyridine rings is 1. The van der Waals surface area contributed by atoms with Gasteiger partial charge in [-0.3, -0.25) is 4.98 Å². The summed E-state index contributed by atoms with van der Waals surface area (Å²) in [6, 6.07) is 11.6. The molecule has 0 spiro atoms. The molecule has 8 heteroatoms. The first-order valence-corrected chi connectivity index (χ1v) is 10.2. The van der Waals surface area contributed by atoms with Crippen molar-refractivity contribution in [1.82, 2.24) is 20.3 Å². The zero-order valence-corrected chi connectivity index (χ0v) is 17.3. The van der Waals surface area contributed by atoms with E-state index in [-0.39, 0.29) is 6.10 Å². The first-order chi connectivity index (χ1) is 15.2. The third-order valence-electron chi connectivity index (χ3n) is 4.95. The van der Waals surface area contributed by atoms with Crippen LogP contribution >= 0.6 is 0 Å². The molecule has 2 N–H and O–H groups in total. The average molecular weight is 416 g/mol. The van der Waals surface area contributed by atoms with E-state index in [1.165, 1.54) is 0 Å². The second kappa shape index (κ2) is 9.98. The molecule has 0 aliphatic carbocycles. The van der Waals surface area contributed by atoms with Gasteiger partial charge in [-0.05, 0) is 42.9 Å². The molecule has 1 aliphatic heterocycles. The second-order valence-corrected chi connectivity index (χ2v) is 7.26. The molecule has 0 radical (unpaired) electrons. The van der Waals surface area contributed by atoms with Crippen LogP contribution in [0.2, 0.25) is 0 Å². The van der Waals surface area contributed by atoms with Gasteiger partial charge in [0.2, 0.25) is 5.95 Å². The molecule has 8 nitrogen and oxygen atoms in total. The lowest BCUT2D eigenvalue weighted by atomic mass is 10.1. The van der Waals surface area contributed by atoms with Crippen LogP contribution in [0.25, 0.3) is 11.3 Å². The quantitative estimate of drug-likeness (QED) is 0.604. The topological polar surface area (TPSA) is 105 Å². The van der Waals surface area contributed by atoms with Gasteiger partial charge < -0.3 is 20.1 Å². The van der Waals surface area contributed by atoms with Gasteiger partial charge in [0, 0.05) is 37.3 Å². The predicted octanol–water partition coefficient (Wildman–Crippen LogP) is 3.43. The number of rotatable bonds is 7. The van der Waals surface area contributed by atoms with Crippen molar-refractivity contribution in [1.29, 1.82) is 5.26 Å². The number of hydrogen-bond donors (Lipinski definition) is 2. The number of nitrogens with one attached hydrogen (secondary N) is 2. The van der Waals surface area contributed by atoms with E-state index in [1.807, 2.05) is 37.5 Å². The van der Waals surface area contributed by atoms with E-state index in [0.29, 0.717) is 36.2 Å². The Morgan fingerprint density at radius 3 is 2.87 bits per heavy atom. The van der Waals surface area contributed by atoms with Crippen LogP contribution in [0.3, 0.4) is 0 Å². The SMILES string of the molecule is CNCc1cncc(Nc2nccc(-c3ccc(OC4CCOCC4)c(C#N)c3)n2)c1. The normalized spacial score (nSPS) is 14.1. The average Bonchev–Trinajstić information content (AvgIpc) is 2.81. The maximum absolute atomic E-state index is 9.63. The van der Waals surface area contributed by atoms with Crippen molar-refractivity contribution in [3.05, 3.63) is 60.0 Å². The molecule has 0 saturated carbocycles. The Morgan fingerprint density at radius 2 is 2.06 bits per heavy atom. The minimum absolute atomic E-state index is 0.0776. The number of anilines is 2. The number of hydrogen-bond acceptors (Lipinski definition) is 8. The van der Waals surface area contributed by atoms with Crippen molar-refractivity contribution in [2.24, 2.45) is 0 Å². The molecule has 1 fully saturated rings. The summed E-state index contributed by atoms with van der Waals surface area (Å²) in [5.74, 6) is 1.06. The van der Waals surface area contributed by atoms with Crippen LogP contribution in [-0.4, -0.2) is 41.3 Å². The van der Waals surface area contributed by atoms with Gasteiger partial charge in [-0.15, -0.1) is 0 Å². The third kappa shape index (κ3) is 5.34. The van der Waals surface area contributed by atoms with Crippen LogP contribution in [0.4, 0.5) is 11.6 Å². The summed E-state index contributed by atoms with van der Waals surface area (Å²) >= 11 is 0. The summed E-state index contributed by atoms with van der Waals surface area (Å²) in [6.07, 6.45) is 6.97. The number of nitriles is 1. The molecule has 158 valence electrons. The fourth-order valence-corrected chi connectivity index (χ4v) is 3.42. The van der Waals surface area contributed by atoms with Gasteiger partial charge in [-0.25, -0.2) is 9.97 Å². The molecule has 0 unspecified atom stereocenters. The van der Waals surface area contributed by atoms with Crippen LogP contribution < -0.4 is 15.4 Å². The zero-order valence-electron chi connectivity index (χ0n) is 17.3. The van der Waals surface area contributed by atoms with E-state index < -0.39 is 0 Å². The van der Waals surface area contributed by atoms with Crippen molar-refractivity contribution >= 4 is 11.6 Å². The fourth-order valence-electron chi connectivity index (χ4n) is 3.42. The molecule has 31 heavy (non-hydrogen) atoms. The first kappa shape index (κ1) is 20.7. The first-order valence-electron chi connectivity index (χ1n) is 10.2. The van der Waals surface area contributed by atoms with Gasteiger partial charge in [-0.1, -0.05) is 0 Å². The van der Waals surface area contributed by atoms with E-state index in [2.05, 4.69) is 31.7 Å². The largest absolute Gasteiger partial charge is 0.489 e. The Balaban J connectivity index is 1.53. The highest BCUT2D eigenvalue weighted by Gasteiger charge is 2.17. The summed E-state index contributed by atoms with van der Waals surface area (Å²) in [5.41, 5.74) is 3.89. The van der Waals surface area contributed by atoms with E-state index in [0.717, 1.165) is 36.2 Å². The van der Waals surface area contributed by atoms with Crippen LogP contribution in [-0.2, 0) is 11.3 Å². The summed E-state index contributed by atoms with van der Waals surface area (Å²) in [6.45, 7) is 2.10. The zero-order chi connectivity index (χ0) is 21.5.